The minimum absolute atomic E-state index is 0.00176. The number of hydrogen-bond acceptors (Lipinski definition) is 3. The van der Waals surface area contributed by atoms with Crippen LogP contribution in [0.15, 0.2) is 0 Å². The van der Waals surface area contributed by atoms with Crippen molar-refractivity contribution in [3.8, 4) is 0 Å². The van der Waals surface area contributed by atoms with Gasteiger partial charge in [-0.3, -0.25) is 0 Å². The van der Waals surface area contributed by atoms with E-state index in [-0.39, 0.29) is 6.61 Å². The van der Waals surface area contributed by atoms with Crippen molar-refractivity contribution in [2.75, 3.05) is 0 Å². The third kappa shape index (κ3) is 1.96. The summed E-state index contributed by atoms with van der Waals surface area (Å²) in [5.41, 5.74) is 0. The second-order valence-electron chi connectivity index (χ2n) is 6.27. The normalized spacial score (nSPS) is 30.6. The smallest absolute Gasteiger partial charge is 0.158 e. The van der Waals surface area contributed by atoms with Gasteiger partial charge in [-0.15, -0.1) is 10.2 Å². The molecule has 2 unspecified atom stereocenters. The Hall–Kier alpha value is -0.900. The topological polar surface area (TPSA) is 50.9 Å². The van der Waals surface area contributed by atoms with Gasteiger partial charge in [-0.25, -0.2) is 0 Å². The minimum atomic E-state index is 0.00176. The van der Waals surface area contributed by atoms with Crippen molar-refractivity contribution in [3.05, 3.63) is 11.6 Å². The second kappa shape index (κ2) is 4.65. The molecule has 0 radical (unpaired) electrons. The number of rotatable bonds is 4. The molecule has 18 heavy (non-hydrogen) atoms. The number of aromatic nitrogens is 3. The van der Waals surface area contributed by atoms with E-state index in [9.17, 15) is 5.11 Å². The van der Waals surface area contributed by atoms with Crippen LogP contribution in [0.1, 0.15) is 57.1 Å². The van der Waals surface area contributed by atoms with Gasteiger partial charge in [0.2, 0.25) is 0 Å². The first-order valence-corrected chi connectivity index (χ1v) is 7.25. The van der Waals surface area contributed by atoms with E-state index in [1.807, 2.05) is 0 Å². The van der Waals surface area contributed by atoms with Gasteiger partial charge in [0.25, 0.3) is 0 Å². The molecule has 0 aromatic carbocycles. The van der Waals surface area contributed by atoms with E-state index < -0.39 is 0 Å². The van der Waals surface area contributed by atoms with Crippen molar-refractivity contribution in [2.45, 2.75) is 58.6 Å². The first-order valence-electron chi connectivity index (χ1n) is 7.25. The molecule has 2 aliphatic carbocycles. The molecule has 2 atom stereocenters. The minimum Gasteiger partial charge on any atom is -0.388 e. The van der Waals surface area contributed by atoms with Crippen LogP contribution in [0.25, 0.3) is 0 Å². The average molecular weight is 249 g/mol. The van der Waals surface area contributed by atoms with Gasteiger partial charge in [-0.05, 0) is 30.6 Å². The summed E-state index contributed by atoms with van der Waals surface area (Å²) in [6, 6.07) is 0. The molecular weight excluding hydrogens is 226 g/mol. The Kier molecular flexibility index (Phi) is 3.14. The third-order valence-electron chi connectivity index (χ3n) is 4.50. The molecule has 0 bridgehead atoms. The number of aliphatic hydroxyl groups is 1. The molecule has 1 N–H and O–H groups in total. The van der Waals surface area contributed by atoms with Crippen LogP contribution in [0, 0.1) is 17.8 Å². The summed E-state index contributed by atoms with van der Waals surface area (Å²) in [5.74, 6) is 4.76. The summed E-state index contributed by atoms with van der Waals surface area (Å²) in [4.78, 5) is 0. The van der Waals surface area contributed by atoms with Crippen molar-refractivity contribution in [1.82, 2.24) is 14.8 Å². The Balaban J connectivity index is 1.85. The number of hydrogen-bond donors (Lipinski definition) is 1. The quantitative estimate of drug-likeness (QED) is 0.891. The van der Waals surface area contributed by atoms with E-state index in [2.05, 4.69) is 28.6 Å². The molecule has 4 nitrogen and oxygen atoms in total. The summed E-state index contributed by atoms with van der Waals surface area (Å²) < 4.78 is 2.17. The number of fused-ring (bicyclic) bond motifs is 1. The molecule has 3 rings (SSSR count). The van der Waals surface area contributed by atoms with Gasteiger partial charge in [-0.2, -0.15) is 0 Å². The number of nitrogens with zero attached hydrogens (tertiary/aromatic N) is 3. The number of aliphatic hydroxyl groups excluding tert-OH is 1. The summed E-state index contributed by atoms with van der Waals surface area (Å²) in [6.07, 6.45) is 5.47. The molecular formula is C14H23N3O. The molecule has 4 heteroatoms. The molecule has 2 aliphatic rings. The Morgan fingerprint density at radius 1 is 1.22 bits per heavy atom. The van der Waals surface area contributed by atoms with Gasteiger partial charge in [0.15, 0.2) is 5.82 Å². The highest BCUT2D eigenvalue weighted by Crippen LogP contribution is 2.60. The zero-order valence-electron chi connectivity index (χ0n) is 11.3. The zero-order chi connectivity index (χ0) is 12.7. The molecule has 0 aliphatic heterocycles. The van der Waals surface area contributed by atoms with Gasteiger partial charge in [0.05, 0.1) is 0 Å². The fourth-order valence-electron chi connectivity index (χ4n) is 3.65. The molecule has 0 spiro atoms. The summed E-state index contributed by atoms with van der Waals surface area (Å²) in [5, 5.41) is 17.9. The summed E-state index contributed by atoms with van der Waals surface area (Å²) in [7, 11) is 0. The van der Waals surface area contributed by atoms with Crippen molar-refractivity contribution in [2.24, 2.45) is 17.8 Å². The van der Waals surface area contributed by atoms with Crippen molar-refractivity contribution in [3.63, 3.8) is 0 Å². The molecule has 0 saturated heterocycles. The lowest BCUT2D eigenvalue weighted by molar-refractivity contribution is 0.261. The molecule has 100 valence electrons. The van der Waals surface area contributed by atoms with Crippen molar-refractivity contribution in [1.29, 1.82) is 0 Å². The maximum atomic E-state index is 9.38. The lowest BCUT2D eigenvalue weighted by Gasteiger charge is -2.11. The lowest BCUT2D eigenvalue weighted by atomic mass is 10.0. The summed E-state index contributed by atoms with van der Waals surface area (Å²) >= 11 is 0. The van der Waals surface area contributed by atoms with Crippen LogP contribution < -0.4 is 0 Å². The van der Waals surface area contributed by atoms with Gasteiger partial charge in [0.1, 0.15) is 12.4 Å². The van der Waals surface area contributed by atoms with Gasteiger partial charge in [-0.1, -0.05) is 26.7 Å². The lowest BCUT2D eigenvalue weighted by Crippen LogP contribution is -2.12. The van der Waals surface area contributed by atoms with Crippen molar-refractivity contribution >= 4 is 0 Å². The fraction of sp³-hybridized carbons (Fsp3) is 0.857. The molecule has 1 heterocycles. The van der Waals surface area contributed by atoms with Crippen LogP contribution in [-0.4, -0.2) is 19.9 Å². The van der Waals surface area contributed by atoms with Gasteiger partial charge in [0, 0.05) is 12.5 Å². The van der Waals surface area contributed by atoms with E-state index in [4.69, 9.17) is 0 Å². The Bertz CT molecular complexity index is 415. The van der Waals surface area contributed by atoms with Crippen molar-refractivity contribution < 1.29 is 5.11 Å². The zero-order valence-corrected chi connectivity index (χ0v) is 11.3. The highest BCUT2D eigenvalue weighted by molar-refractivity contribution is 5.18. The second-order valence-corrected chi connectivity index (χ2v) is 6.27. The van der Waals surface area contributed by atoms with Crippen LogP contribution in [0.3, 0.4) is 0 Å². The SMILES string of the molecule is CC(C)Cn1c(CO)nnc1C1C2CCCCC21. The first-order chi connectivity index (χ1) is 8.72. The maximum Gasteiger partial charge on any atom is 0.158 e. The van der Waals surface area contributed by atoms with E-state index in [1.165, 1.54) is 25.7 Å². The Morgan fingerprint density at radius 3 is 2.44 bits per heavy atom. The molecule has 1 aromatic rings. The van der Waals surface area contributed by atoms with Crippen LogP contribution in [-0.2, 0) is 13.2 Å². The highest BCUT2D eigenvalue weighted by Gasteiger charge is 2.53. The highest BCUT2D eigenvalue weighted by atomic mass is 16.3. The monoisotopic (exact) mass is 249 g/mol. The Labute approximate surface area is 108 Å². The van der Waals surface area contributed by atoms with Gasteiger partial charge < -0.3 is 9.67 Å². The van der Waals surface area contributed by atoms with Gasteiger partial charge >= 0.3 is 0 Å². The molecule has 1 aromatic heterocycles. The largest absolute Gasteiger partial charge is 0.388 e. The van der Waals surface area contributed by atoms with Crippen LogP contribution >= 0.6 is 0 Å². The standard InChI is InChI=1S/C14H23N3O/c1-9(2)7-17-12(8-18)15-16-14(17)13-10-5-3-4-6-11(10)13/h9-11,13,18H,3-8H2,1-2H3. The average Bonchev–Trinajstić information content (AvgIpc) is 2.95. The van der Waals surface area contributed by atoms with E-state index >= 15 is 0 Å². The fourth-order valence-corrected chi connectivity index (χ4v) is 3.65. The van der Waals surface area contributed by atoms with Crippen LogP contribution in [0.4, 0.5) is 0 Å². The van der Waals surface area contributed by atoms with E-state index in [1.54, 1.807) is 0 Å². The maximum absolute atomic E-state index is 9.38. The predicted molar refractivity (Wildman–Crippen MR) is 69.0 cm³/mol. The van der Waals surface area contributed by atoms with Crippen LogP contribution in [0.2, 0.25) is 0 Å². The third-order valence-corrected chi connectivity index (χ3v) is 4.50. The predicted octanol–water partition coefficient (Wildman–Crippen LogP) is 2.33. The molecule has 0 amide bonds. The van der Waals surface area contributed by atoms with E-state index in [0.29, 0.717) is 11.8 Å². The molecule has 2 saturated carbocycles. The van der Waals surface area contributed by atoms with E-state index in [0.717, 1.165) is 30.0 Å². The van der Waals surface area contributed by atoms with Crippen LogP contribution in [0.5, 0.6) is 0 Å². The Morgan fingerprint density at radius 2 is 1.89 bits per heavy atom. The first kappa shape index (κ1) is 12.2. The summed E-state index contributed by atoms with van der Waals surface area (Å²) in [6.45, 7) is 5.33. The molecule has 2 fully saturated rings.